The molecule has 0 atom stereocenters. The van der Waals surface area contributed by atoms with Crippen molar-refractivity contribution in [2.45, 2.75) is 11.5 Å². The third-order valence-electron chi connectivity index (χ3n) is 6.21. The van der Waals surface area contributed by atoms with Gasteiger partial charge < -0.3 is 18.9 Å². The van der Waals surface area contributed by atoms with E-state index in [4.69, 9.17) is 30.5 Å². The number of hydrogen-bond acceptors (Lipinski definition) is 8. The molecule has 1 N–H and O–H groups in total. The molecule has 0 spiro atoms. The minimum absolute atomic E-state index is 0.0748. The number of carbonyl (C=O) groups is 1. The van der Waals surface area contributed by atoms with Gasteiger partial charge >= 0.3 is 0 Å². The molecule has 0 aliphatic rings. The Balaban J connectivity index is 1.47. The second kappa shape index (κ2) is 14.4. The number of amides is 1. The van der Waals surface area contributed by atoms with Gasteiger partial charge in [0.2, 0.25) is 0 Å². The average Bonchev–Trinajstić information content (AvgIpc) is 3.03. The van der Waals surface area contributed by atoms with Gasteiger partial charge in [-0.25, -0.2) is 13.8 Å². The van der Waals surface area contributed by atoms with Crippen LogP contribution in [0.5, 0.6) is 23.0 Å². The average molecular weight is 624 g/mol. The molecule has 0 radical (unpaired) electrons. The van der Waals surface area contributed by atoms with Gasteiger partial charge in [0, 0.05) is 16.7 Å². The first-order chi connectivity index (χ1) is 20.8. The minimum atomic E-state index is -4.18. The third-order valence-corrected chi connectivity index (χ3v) is 8.34. The Kier molecular flexibility index (Phi) is 10.5. The van der Waals surface area contributed by atoms with Gasteiger partial charge in [0.1, 0.15) is 13.2 Å². The lowest BCUT2D eigenvalue weighted by molar-refractivity contribution is -0.119. The number of hydrazone groups is 1. The first kappa shape index (κ1) is 31.2. The normalized spacial score (nSPS) is 11.2. The van der Waals surface area contributed by atoms with E-state index in [1.807, 2.05) is 18.2 Å². The predicted octanol–water partition coefficient (Wildman–Crippen LogP) is 5.29. The van der Waals surface area contributed by atoms with Crippen LogP contribution >= 0.6 is 11.6 Å². The van der Waals surface area contributed by atoms with Gasteiger partial charge in [-0.1, -0.05) is 48.0 Å². The summed E-state index contributed by atoms with van der Waals surface area (Å²) in [6, 6.07) is 25.0. The second-order valence-corrected chi connectivity index (χ2v) is 11.2. The number of rotatable bonds is 13. The molecule has 4 rings (SSSR count). The molecular weight excluding hydrogens is 594 g/mol. The standard InChI is InChI=1S/C31H30ClN3O7S/c1-39-27-16-14-25(18-30(27)41-3)43(37,38)35(24-10-5-4-6-11-24)20-31(36)34-33-19-22-13-15-28(29(17-22)40-2)42-21-23-9-7-8-12-26(23)32/h4-19H,20-21H2,1-3H3,(H,34,36)/b33-19-. The molecule has 12 heteroatoms. The van der Waals surface area contributed by atoms with Gasteiger partial charge in [-0.3, -0.25) is 9.10 Å². The summed E-state index contributed by atoms with van der Waals surface area (Å²) >= 11 is 6.21. The number of carbonyl (C=O) groups excluding carboxylic acids is 1. The topological polar surface area (TPSA) is 116 Å². The molecule has 4 aromatic rings. The van der Waals surface area contributed by atoms with Crippen molar-refractivity contribution in [1.29, 1.82) is 0 Å². The number of nitrogens with one attached hydrogen (secondary N) is 1. The molecule has 0 aliphatic heterocycles. The lowest BCUT2D eigenvalue weighted by atomic mass is 10.2. The van der Waals surface area contributed by atoms with E-state index in [0.29, 0.717) is 33.5 Å². The van der Waals surface area contributed by atoms with E-state index < -0.39 is 22.5 Å². The number of para-hydroxylation sites is 1. The summed E-state index contributed by atoms with van der Waals surface area (Å²) in [5.74, 6) is 0.912. The Morgan fingerprint density at radius 2 is 1.49 bits per heavy atom. The molecule has 0 aliphatic carbocycles. The highest BCUT2D eigenvalue weighted by molar-refractivity contribution is 7.92. The SMILES string of the molecule is COc1ccc(S(=O)(=O)N(CC(=O)N/N=C\c2ccc(OCc3ccccc3Cl)c(OC)c2)c2ccccc2)cc1OC. The predicted molar refractivity (Wildman–Crippen MR) is 165 cm³/mol. The van der Waals surface area contributed by atoms with Crippen LogP contribution in [-0.2, 0) is 21.4 Å². The van der Waals surface area contributed by atoms with Crippen LogP contribution in [0.3, 0.4) is 0 Å². The number of halogens is 1. The number of ether oxygens (including phenoxy) is 4. The van der Waals surface area contributed by atoms with Gasteiger partial charge in [0.15, 0.2) is 23.0 Å². The first-order valence-electron chi connectivity index (χ1n) is 12.9. The van der Waals surface area contributed by atoms with E-state index in [0.717, 1.165) is 9.87 Å². The van der Waals surface area contributed by atoms with Crippen LogP contribution in [0.25, 0.3) is 0 Å². The number of benzene rings is 4. The van der Waals surface area contributed by atoms with Gasteiger partial charge in [0.05, 0.1) is 38.1 Å². The lowest BCUT2D eigenvalue weighted by Gasteiger charge is -2.24. The Bertz CT molecular complexity index is 1700. The smallest absolute Gasteiger partial charge is 0.264 e. The molecule has 0 heterocycles. The van der Waals surface area contributed by atoms with Crippen LogP contribution in [0, 0.1) is 0 Å². The summed E-state index contributed by atoms with van der Waals surface area (Å²) in [4.78, 5) is 12.8. The van der Waals surface area contributed by atoms with Crippen molar-refractivity contribution in [3.05, 3.63) is 107 Å². The van der Waals surface area contributed by atoms with Crippen molar-refractivity contribution < 1.29 is 32.2 Å². The highest BCUT2D eigenvalue weighted by Crippen LogP contribution is 2.32. The molecule has 0 bridgehead atoms. The molecular formula is C31H30ClN3O7S. The Morgan fingerprint density at radius 3 is 2.19 bits per heavy atom. The monoisotopic (exact) mass is 623 g/mol. The zero-order valence-electron chi connectivity index (χ0n) is 23.7. The lowest BCUT2D eigenvalue weighted by Crippen LogP contribution is -2.39. The molecule has 0 fully saturated rings. The maximum absolute atomic E-state index is 13.7. The first-order valence-corrected chi connectivity index (χ1v) is 14.7. The summed E-state index contributed by atoms with van der Waals surface area (Å²) in [6.07, 6.45) is 1.41. The van der Waals surface area contributed by atoms with Crippen molar-refractivity contribution >= 4 is 39.4 Å². The maximum atomic E-state index is 13.7. The summed E-state index contributed by atoms with van der Waals surface area (Å²) in [5.41, 5.74) is 4.14. The Morgan fingerprint density at radius 1 is 0.837 bits per heavy atom. The molecule has 224 valence electrons. The van der Waals surface area contributed by atoms with Crippen molar-refractivity contribution in [2.24, 2.45) is 5.10 Å². The van der Waals surface area contributed by atoms with Crippen LogP contribution in [0.15, 0.2) is 101 Å². The van der Waals surface area contributed by atoms with Gasteiger partial charge in [-0.05, 0) is 54.1 Å². The quantitative estimate of drug-likeness (QED) is 0.159. The van der Waals surface area contributed by atoms with Gasteiger partial charge in [0.25, 0.3) is 15.9 Å². The van der Waals surface area contributed by atoms with Crippen LogP contribution in [0.4, 0.5) is 5.69 Å². The maximum Gasteiger partial charge on any atom is 0.264 e. The molecule has 0 saturated carbocycles. The number of nitrogens with zero attached hydrogens (tertiary/aromatic N) is 2. The van der Waals surface area contributed by atoms with Crippen LogP contribution in [0.2, 0.25) is 5.02 Å². The fourth-order valence-corrected chi connectivity index (χ4v) is 5.64. The Labute approximate surface area is 255 Å². The summed E-state index contributed by atoms with van der Waals surface area (Å²) in [7, 11) is 0.192. The van der Waals surface area contributed by atoms with E-state index in [-0.39, 0.29) is 17.3 Å². The highest BCUT2D eigenvalue weighted by atomic mass is 35.5. The molecule has 4 aromatic carbocycles. The van der Waals surface area contributed by atoms with Crippen molar-refractivity contribution in [3.8, 4) is 23.0 Å². The molecule has 0 unspecified atom stereocenters. The van der Waals surface area contributed by atoms with Crippen LogP contribution < -0.4 is 28.7 Å². The summed E-state index contributed by atoms with van der Waals surface area (Å²) in [6.45, 7) is -0.278. The second-order valence-electron chi connectivity index (χ2n) is 8.95. The molecule has 0 aromatic heterocycles. The van der Waals surface area contributed by atoms with E-state index in [1.165, 1.54) is 45.7 Å². The third kappa shape index (κ3) is 7.76. The van der Waals surface area contributed by atoms with Crippen molar-refractivity contribution in [2.75, 3.05) is 32.2 Å². The van der Waals surface area contributed by atoms with E-state index in [1.54, 1.807) is 54.6 Å². The largest absolute Gasteiger partial charge is 0.493 e. The van der Waals surface area contributed by atoms with Crippen LogP contribution in [0.1, 0.15) is 11.1 Å². The number of anilines is 1. The number of sulfonamides is 1. The zero-order chi connectivity index (χ0) is 30.8. The van der Waals surface area contributed by atoms with Gasteiger partial charge in [-0.15, -0.1) is 0 Å². The number of methoxy groups -OCH3 is 3. The van der Waals surface area contributed by atoms with Crippen LogP contribution in [-0.4, -0.2) is 48.4 Å². The summed E-state index contributed by atoms with van der Waals surface area (Å²) < 4.78 is 50.1. The van der Waals surface area contributed by atoms with Crippen molar-refractivity contribution in [3.63, 3.8) is 0 Å². The molecule has 0 saturated heterocycles. The van der Waals surface area contributed by atoms with Gasteiger partial charge in [-0.2, -0.15) is 5.10 Å². The van der Waals surface area contributed by atoms with E-state index in [9.17, 15) is 13.2 Å². The minimum Gasteiger partial charge on any atom is -0.493 e. The summed E-state index contributed by atoms with van der Waals surface area (Å²) in [5, 5.41) is 4.61. The van der Waals surface area contributed by atoms with E-state index in [2.05, 4.69) is 10.5 Å². The van der Waals surface area contributed by atoms with Crippen molar-refractivity contribution in [1.82, 2.24) is 5.43 Å². The molecule has 10 nitrogen and oxygen atoms in total. The fraction of sp³-hybridized carbons (Fsp3) is 0.161. The molecule has 1 amide bonds. The highest BCUT2D eigenvalue weighted by Gasteiger charge is 2.28. The zero-order valence-corrected chi connectivity index (χ0v) is 25.3. The number of hydrogen-bond donors (Lipinski definition) is 1. The van der Waals surface area contributed by atoms with E-state index >= 15 is 0 Å². The fourth-order valence-electron chi connectivity index (χ4n) is 4.01. The molecule has 43 heavy (non-hydrogen) atoms. The Hall–Kier alpha value is -4.74.